The number of amides is 1. The number of hydrogen-bond donors (Lipinski definition) is 2. The van der Waals surface area contributed by atoms with E-state index in [0.29, 0.717) is 22.1 Å². The van der Waals surface area contributed by atoms with E-state index in [9.17, 15) is 17.6 Å². The Bertz CT molecular complexity index is 1240. The molecule has 180 valence electrons. The number of halogens is 2. The molecule has 7 nitrogen and oxygen atoms in total. The summed E-state index contributed by atoms with van der Waals surface area (Å²) < 4.78 is 52.7. The minimum absolute atomic E-state index is 0.137. The largest absolute Gasteiger partial charge is 0.493 e. The molecule has 0 fully saturated rings. The first-order valence-electron chi connectivity index (χ1n) is 10.2. The molecular formula is C24H24ClFN2O5S. The zero-order valence-corrected chi connectivity index (χ0v) is 20.1. The molecule has 0 saturated heterocycles. The van der Waals surface area contributed by atoms with Gasteiger partial charge in [-0.3, -0.25) is 4.79 Å². The van der Waals surface area contributed by atoms with E-state index in [1.54, 1.807) is 42.5 Å². The van der Waals surface area contributed by atoms with Crippen LogP contribution in [0, 0.1) is 5.82 Å². The van der Waals surface area contributed by atoms with E-state index in [1.165, 1.54) is 14.2 Å². The standard InChI is InChI=1S/C24H24ClFN2O5S/c1-32-22-5-3-4-20(24(22)33-2)21(28-34(30,31)19-12-10-18(26)11-13-19)14-23(29)27-15-16-6-8-17(25)9-7-16/h3-13,21,28H,14-15H2,1-2H3,(H,27,29)/t21-/m1/s1. The molecule has 0 heterocycles. The first-order chi connectivity index (χ1) is 16.2. The summed E-state index contributed by atoms with van der Waals surface area (Å²) in [5.41, 5.74) is 1.24. The molecule has 0 unspecified atom stereocenters. The Labute approximate surface area is 202 Å². The predicted octanol–water partition coefficient (Wildman–Crippen LogP) is 4.22. The molecule has 3 aromatic rings. The molecular weight excluding hydrogens is 483 g/mol. The molecule has 0 radical (unpaired) electrons. The van der Waals surface area contributed by atoms with Crippen molar-refractivity contribution in [2.24, 2.45) is 0 Å². The Kier molecular flexibility index (Phi) is 8.49. The molecule has 10 heteroatoms. The van der Waals surface area contributed by atoms with Crippen LogP contribution < -0.4 is 19.5 Å². The van der Waals surface area contributed by atoms with Crippen LogP contribution in [0.2, 0.25) is 5.02 Å². The Morgan fingerprint density at radius 3 is 2.29 bits per heavy atom. The van der Waals surface area contributed by atoms with Crippen molar-refractivity contribution >= 4 is 27.5 Å². The van der Waals surface area contributed by atoms with E-state index in [-0.39, 0.29) is 17.9 Å². The lowest BCUT2D eigenvalue weighted by Crippen LogP contribution is -2.34. The van der Waals surface area contributed by atoms with Crippen molar-refractivity contribution in [2.75, 3.05) is 14.2 Å². The fourth-order valence-electron chi connectivity index (χ4n) is 3.33. The van der Waals surface area contributed by atoms with Gasteiger partial charge in [0.1, 0.15) is 5.82 Å². The number of methoxy groups -OCH3 is 2. The molecule has 3 rings (SSSR count). The maximum absolute atomic E-state index is 13.3. The van der Waals surface area contributed by atoms with Crippen LogP contribution >= 0.6 is 11.6 Å². The predicted molar refractivity (Wildman–Crippen MR) is 127 cm³/mol. The van der Waals surface area contributed by atoms with Gasteiger partial charge < -0.3 is 14.8 Å². The Morgan fingerprint density at radius 2 is 1.68 bits per heavy atom. The topological polar surface area (TPSA) is 93.7 Å². The second-order valence-corrected chi connectivity index (χ2v) is 9.47. The molecule has 0 spiro atoms. The molecule has 34 heavy (non-hydrogen) atoms. The van der Waals surface area contributed by atoms with E-state index in [2.05, 4.69) is 10.0 Å². The van der Waals surface area contributed by atoms with Gasteiger partial charge in [0.2, 0.25) is 15.9 Å². The van der Waals surface area contributed by atoms with Gasteiger partial charge in [0, 0.05) is 23.6 Å². The zero-order valence-electron chi connectivity index (χ0n) is 18.5. The van der Waals surface area contributed by atoms with Gasteiger partial charge in [-0.05, 0) is 48.0 Å². The molecule has 1 atom stereocenters. The Hall–Kier alpha value is -3.14. The van der Waals surface area contributed by atoms with Crippen LogP contribution in [0.25, 0.3) is 0 Å². The van der Waals surface area contributed by atoms with E-state index in [0.717, 1.165) is 29.8 Å². The number of ether oxygens (including phenoxy) is 2. The fraction of sp³-hybridized carbons (Fsp3) is 0.208. The molecule has 0 aliphatic heterocycles. The van der Waals surface area contributed by atoms with E-state index >= 15 is 0 Å². The molecule has 0 aromatic heterocycles. The number of nitrogens with one attached hydrogen (secondary N) is 2. The van der Waals surface area contributed by atoms with Crippen LogP contribution in [-0.2, 0) is 21.4 Å². The van der Waals surface area contributed by atoms with E-state index in [4.69, 9.17) is 21.1 Å². The van der Waals surface area contributed by atoms with Crippen molar-refractivity contribution in [2.45, 2.75) is 23.9 Å². The number of rotatable bonds is 10. The van der Waals surface area contributed by atoms with Crippen molar-refractivity contribution in [3.8, 4) is 11.5 Å². The van der Waals surface area contributed by atoms with Crippen LogP contribution in [0.5, 0.6) is 11.5 Å². The first-order valence-corrected chi connectivity index (χ1v) is 12.1. The maximum Gasteiger partial charge on any atom is 0.241 e. The van der Waals surface area contributed by atoms with Crippen molar-refractivity contribution in [1.29, 1.82) is 0 Å². The summed E-state index contributed by atoms with van der Waals surface area (Å²) in [5.74, 6) is -0.284. The highest BCUT2D eigenvalue weighted by Gasteiger charge is 2.27. The quantitative estimate of drug-likeness (QED) is 0.429. The summed E-state index contributed by atoms with van der Waals surface area (Å²) >= 11 is 5.89. The van der Waals surface area contributed by atoms with Crippen LogP contribution in [0.15, 0.2) is 71.6 Å². The minimum Gasteiger partial charge on any atom is -0.493 e. The van der Waals surface area contributed by atoms with Gasteiger partial charge in [-0.1, -0.05) is 35.9 Å². The van der Waals surface area contributed by atoms with Gasteiger partial charge in [-0.2, -0.15) is 0 Å². The van der Waals surface area contributed by atoms with E-state index < -0.39 is 27.8 Å². The van der Waals surface area contributed by atoms with Crippen LogP contribution in [-0.4, -0.2) is 28.5 Å². The van der Waals surface area contributed by atoms with Crippen molar-refractivity contribution in [3.05, 3.63) is 88.7 Å². The second kappa shape index (κ2) is 11.3. The number of hydrogen-bond acceptors (Lipinski definition) is 5. The third-order valence-corrected chi connectivity index (χ3v) is 6.76. The van der Waals surface area contributed by atoms with Crippen molar-refractivity contribution in [3.63, 3.8) is 0 Å². The third kappa shape index (κ3) is 6.47. The van der Waals surface area contributed by atoms with Crippen molar-refractivity contribution in [1.82, 2.24) is 10.0 Å². The number of carbonyl (C=O) groups is 1. The average molecular weight is 507 g/mol. The normalized spacial score (nSPS) is 12.1. The number of carbonyl (C=O) groups excluding carboxylic acids is 1. The lowest BCUT2D eigenvalue weighted by molar-refractivity contribution is -0.121. The van der Waals surface area contributed by atoms with E-state index in [1.807, 2.05) is 0 Å². The van der Waals surface area contributed by atoms with Gasteiger partial charge in [-0.25, -0.2) is 17.5 Å². The zero-order chi connectivity index (χ0) is 24.7. The highest BCUT2D eigenvalue weighted by Crippen LogP contribution is 2.36. The molecule has 0 aliphatic carbocycles. The second-order valence-electron chi connectivity index (χ2n) is 7.32. The number of para-hydroxylation sites is 1. The van der Waals surface area contributed by atoms with Crippen LogP contribution in [0.1, 0.15) is 23.6 Å². The fourth-order valence-corrected chi connectivity index (χ4v) is 4.67. The summed E-state index contributed by atoms with van der Waals surface area (Å²) in [6.45, 7) is 0.239. The smallest absolute Gasteiger partial charge is 0.241 e. The SMILES string of the molecule is COc1cccc([C@@H](CC(=O)NCc2ccc(Cl)cc2)NS(=O)(=O)c2ccc(F)cc2)c1OC. The molecule has 1 amide bonds. The summed E-state index contributed by atoms with van der Waals surface area (Å²) in [6, 6.07) is 15.4. The Morgan fingerprint density at radius 1 is 1.00 bits per heavy atom. The molecule has 0 aliphatic rings. The van der Waals surface area contributed by atoms with Gasteiger partial charge in [0.25, 0.3) is 0 Å². The lowest BCUT2D eigenvalue weighted by Gasteiger charge is -2.22. The highest BCUT2D eigenvalue weighted by atomic mass is 35.5. The van der Waals surface area contributed by atoms with Crippen LogP contribution in [0.4, 0.5) is 4.39 Å². The summed E-state index contributed by atoms with van der Waals surface area (Å²) in [4.78, 5) is 12.7. The molecule has 0 bridgehead atoms. The van der Waals surface area contributed by atoms with Gasteiger partial charge in [-0.15, -0.1) is 0 Å². The van der Waals surface area contributed by atoms with Gasteiger partial charge in [0.15, 0.2) is 11.5 Å². The summed E-state index contributed by atoms with van der Waals surface area (Å²) in [5, 5.41) is 3.36. The summed E-state index contributed by atoms with van der Waals surface area (Å²) in [7, 11) is -1.21. The third-order valence-electron chi connectivity index (χ3n) is 5.02. The average Bonchev–Trinajstić information content (AvgIpc) is 2.82. The molecule has 2 N–H and O–H groups in total. The number of sulfonamides is 1. The molecule has 3 aromatic carbocycles. The van der Waals surface area contributed by atoms with Gasteiger partial charge >= 0.3 is 0 Å². The monoisotopic (exact) mass is 506 g/mol. The number of benzene rings is 3. The van der Waals surface area contributed by atoms with Gasteiger partial charge in [0.05, 0.1) is 25.2 Å². The first kappa shape index (κ1) is 25.5. The van der Waals surface area contributed by atoms with Crippen LogP contribution in [0.3, 0.4) is 0 Å². The Balaban J connectivity index is 1.88. The maximum atomic E-state index is 13.3. The summed E-state index contributed by atoms with van der Waals surface area (Å²) in [6.07, 6.45) is -0.225. The van der Waals surface area contributed by atoms with Crippen molar-refractivity contribution < 1.29 is 27.1 Å². The lowest BCUT2D eigenvalue weighted by atomic mass is 10.0. The molecule has 0 saturated carbocycles. The highest BCUT2D eigenvalue weighted by molar-refractivity contribution is 7.89. The minimum atomic E-state index is -4.09.